The summed E-state index contributed by atoms with van der Waals surface area (Å²) in [7, 11) is 0. The Hall–Kier alpha value is 0.843. The van der Waals surface area contributed by atoms with Gasteiger partial charge in [0.2, 0.25) is 0 Å². The SMILES string of the molecule is CCC[O-].[H-].[H-].[H-].[Zr+4]. The topological polar surface area (TPSA) is 23.1 Å². The van der Waals surface area contributed by atoms with Crippen LogP contribution in [0.3, 0.4) is 0 Å². The maximum Gasteiger partial charge on any atom is 4.00 e. The Morgan fingerprint density at radius 1 is 1.80 bits per heavy atom. The van der Waals surface area contributed by atoms with E-state index in [1.807, 2.05) is 6.92 Å². The van der Waals surface area contributed by atoms with Crippen molar-refractivity contribution in [1.82, 2.24) is 0 Å². The number of rotatable bonds is 1. The van der Waals surface area contributed by atoms with Gasteiger partial charge in [0, 0.05) is 0 Å². The monoisotopic (exact) mass is 152 g/mol. The summed E-state index contributed by atoms with van der Waals surface area (Å²) in [5.74, 6) is 0. The molecule has 0 N–H and O–H groups in total. The van der Waals surface area contributed by atoms with Crippen LogP contribution >= 0.6 is 0 Å². The van der Waals surface area contributed by atoms with Crippen molar-refractivity contribution in [3.63, 3.8) is 0 Å². The summed E-state index contributed by atoms with van der Waals surface area (Å²) in [6.07, 6.45) is 0.764. The molecule has 0 aliphatic carbocycles. The van der Waals surface area contributed by atoms with Crippen LogP contribution < -0.4 is 5.11 Å². The average molecular weight is 153 g/mol. The fraction of sp³-hybridized carbons (Fsp3) is 1.00. The van der Waals surface area contributed by atoms with Gasteiger partial charge in [-0.25, -0.2) is 0 Å². The van der Waals surface area contributed by atoms with Crippen molar-refractivity contribution in [1.29, 1.82) is 0 Å². The van der Waals surface area contributed by atoms with Crippen LogP contribution in [0.15, 0.2) is 0 Å². The first-order valence-corrected chi connectivity index (χ1v) is 1.50. The molecular formula is C3H10OZr. The Kier molecular flexibility index (Phi) is 16.4. The van der Waals surface area contributed by atoms with E-state index in [1.54, 1.807) is 0 Å². The Labute approximate surface area is 56.0 Å². The third kappa shape index (κ3) is 11.5. The van der Waals surface area contributed by atoms with Crippen LogP contribution in [0.2, 0.25) is 0 Å². The van der Waals surface area contributed by atoms with Crippen LogP contribution in [0.1, 0.15) is 17.6 Å². The Morgan fingerprint density at radius 2 is 2.00 bits per heavy atom. The van der Waals surface area contributed by atoms with Crippen molar-refractivity contribution in [2.45, 2.75) is 13.3 Å². The summed E-state index contributed by atoms with van der Waals surface area (Å²) in [6, 6.07) is 0. The zero-order valence-corrected chi connectivity index (χ0v) is 5.78. The first kappa shape index (κ1) is 9.28. The maximum atomic E-state index is 9.30. The Balaban J connectivity index is -0.00000000750. The summed E-state index contributed by atoms with van der Waals surface area (Å²) < 4.78 is 0. The van der Waals surface area contributed by atoms with Crippen molar-refractivity contribution in [3.05, 3.63) is 0 Å². The minimum absolute atomic E-state index is 0. The molecule has 0 rings (SSSR count). The summed E-state index contributed by atoms with van der Waals surface area (Å²) in [5, 5.41) is 9.30. The molecule has 0 spiro atoms. The van der Waals surface area contributed by atoms with E-state index < -0.39 is 0 Å². The molecule has 5 heavy (non-hydrogen) atoms. The van der Waals surface area contributed by atoms with Gasteiger partial charge >= 0.3 is 26.2 Å². The predicted octanol–water partition coefficient (Wildman–Crippen LogP) is 0.0917. The Bertz CT molecular complexity index is 16.5. The van der Waals surface area contributed by atoms with Gasteiger partial charge < -0.3 is 9.39 Å². The molecule has 0 aromatic rings. The normalized spacial score (nSPS) is 6.00. The molecule has 0 fully saturated rings. The van der Waals surface area contributed by atoms with Gasteiger partial charge in [0.15, 0.2) is 0 Å². The standard InChI is InChI=1S/C3H7O.Zr.3H/c1-2-3-4;;;;/h2-3H2,1H3;;;;/q-1;+4;3*-1. The van der Waals surface area contributed by atoms with Gasteiger partial charge in [-0.3, -0.25) is 0 Å². The van der Waals surface area contributed by atoms with Crippen molar-refractivity contribution >= 4 is 0 Å². The maximum absolute atomic E-state index is 9.30. The van der Waals surface area contributed by atoms with E-state index in [4.69, 9.17) is 0 Å². The van der Waals surface area contributed by atoms with E-state index in [0.29, 0.717) is 0 Å². The molecule has 0 aliphatic heterocycles. The largest absolute Gasteiger partial charge is 4.00 e. The van der Waals surface area contributed by atoms with Crippen LogP contribution in [-0.2, 0) is 26.2 Å². The fourth-order valence-electron chi connectivity index (χ4n) is 0. The van der Waals surface area contributed by atoms with Crippen LogP contribution in [0.5, 0.6) is 0 Å². The van der Waals surface area contributed by atoms with Crippen LogP contribution in [0, 0.1) is 0 Å². The molecule has 2 heteroatoms. The molecule has 1 nitrogen and oxygen atoms in total. The van der Waals surface area contributed by atoms with Gasteiger partial charge in [0.25, 0.3) is 0 Å². The predicted molar refractivity (Wildman–Crippen MR) is 18.5 cm³/mol. The van der Waals surface area contributed by atoms with Crippen LogP contribution in [0.4, 0.5) is 0 Å². The minimum Gasteiger partial charge on any atom is -1.00 e. The summed E-state index contributed by atoms with van der Waals surface area (Å²) in [4.78, 5) is 0. The van der Waals surface area contributed by atoms with Gasteiger partial charge in [0.1, 0.15) is 0 Å². The first-order valence-electron chi connectivity index (χ1n) is 1.50. The summed E-state index contributed by atoms with van der Waals surface area (Å²) >= 11 is 0. The summed E-state index contributed by atoms with van der Waals surface area (Å²) in [5.41, 5.74) is 0. The molecule has 0 radical (unpaired) electrons. The zero-order valence-electron chi connectivity index (χ0n) is 6.32. The van der Waals surface area contributed by atoms with Crippen LogP contribution in [-0.4, -0.2) is 6.61 Å². The molecule has 0 aromatic carbocycles. The number of hydrogen-bond acceptors (Lipinski definition) is 1. The molecule has 0 atom stereocenters. The molecule has 0 saturated heterocycles. The van der Waals surface area contributed by atoms with E-state index in [0.717, 1.165) is 6.42 Å². The number of hydrogen-bond donors (Lipinski definition) is 0. The van der Waals surface area contributed by atoms with Gasteiger partial charge in [-0.15, -0.1) is 6.61 Å². The van der Waals surface area contributed by atoms with Gasteiger partial charge in [0.05, 0.1) is 0 Å². The molecule has 0 aliphatic rings. The second kappa shape index (κ2) is 8.85. The molecule has 0 heterocycles. The third-order valence-corrected chi connectivity index (χ3v) is 0.204. The molecular weight excluding hydrogens is 143 g/mol. The second-order valence-electron chi connectivity index (χ2n) is 0.704. The molecule has 0 unspecified atom stereocenters. The molecule has 0 aromatic heterocycles. The zero-order chi connectivity index (χ0) is 3.41. The van der Waals surface area contributed by atoms with Crippen molar-refractivity contribution < 1.29 is 35.6 Å². The van der Waals surface area contributed by atoms with Crippen LogP contribution in [0.25, 0.3) is 0 Å². The van der Waals surface area contributed by atoms with E-state index in [2.05, 4.69) is 0 Å². The van der Waals surface area contributed by atoms with Crippen molar-refractivity contribution in [2.75, 3.05) is 6.61 Å². The van der Waals surface area contributed by atoms with Gasteiger partial charge in [-0.05, 0) is 0 Å². The molecule has 0 amide bonds. The molecule has 0 saturated carbocycles. The fourth-order valence-corrected chi connectivity index (χ4v) is 0. The average Bonchev–Trinajstić information content (AvgIpc) is 1.37. The van der Waals surface area contributed by atoms with E-state index in [9.17, 15) is 5.11 Å². The second-order valence-corrected chi connectivity index (χ2v) is 0.704. The minimum atomic E-state index is 0. The van der Waals surface area contributed by atoms with Gasteiger partial charge in [-0.1, -0.05) is 13.3 Å². The third-order valence-electron chi connectivity index (χ3n) is 0.204. The van der Waals surface area contributed by atoms with Gasteiger partial charge in [-0.2, -0.15) is 0 Å². The van der Waals surface area contributed by atoms with E-state index in [1.165, 1.54) is 0 Å². The molecule has 0 bridgehead atoms. The Morgan fingerprint density at radius 3 is 2.00 bits per heavy atom. The summed E-state index contributed by atoms with van der Waals surface area (Å²) in [6.45, 7) is 1.94. The smallest absolute Gasteiger partial charge is 1.00 e. The van der Waals surface area contributed by atoms with Crippen molar-refractivity contribution in [3.8, 4) is 0 Å². The van der Waals surface area contributed by atoms with E-state index in [-0.39, 0.29) is 37.1 Å². The van der Waals surface area contributed by atoms with Crippen molar-refractivity contribution in [2.24, 2.45) is 0 Å². The quantitative estimate of drug-likeness (QED) is 0.524. The van der Waals surface area contributed by atoms with E-state index >= 15 is 0 Å². The first-order chi connectivity index (χ1) is 1.91. The molecule has 32 valence electrons.